The third kappa shape index (κ3) is 2.84. The fraction of sp³-hybridized carbons (Fsp3) is 0.353. The molecule has 6 heteroatoms. The van der Waals surface area contributed by atoms with Gasteiger partial charge in [0.05, 0.1) is 11.3 Å². The molecule has 23 heavy (non-hydrogen) atoms. The van der Waals surface area contributed by atoms with Gasteiger partial charge in [0.15, 0.2) is 0 Å². The van der Waals surface area contributed by atoms with Gasteiger partial charge >= 0.3 is 6.09 Å². The Bertz CT molecular complexity index is 743. The van der Waals surface area contributed by atoms with Crippen LogP contribution >= 0.6 is 0 Å². The van der Waals surface area contributed by atoms with Crippen LogP contribution in [0.15, 0.2) is 24.3 Å². The summed E-state index contributed by atoms with van der Waals surface area (Å²) in [7, 11) is 0. The largest absolute Gasteiger partial charge is 0.444 e. The lowest BCUT2D eigenvalue weighted by atomic mass is 9.97. The molecule has 3 rings (SSSR count). The van der Waals surface area contributed by atoms with Gasteiger partial charge < -0.3 is 15.0 Å². The SMILES string of the molecule is CC(C)(C)OC(=O)N1CC=C(c2cccc3c2C(=O)C(=O)N3)C1. The highest BCUT2D eigenvalue weighted by atomic mass is 16.6. The van der Waals surface area contributed by atoms with E-state index in [-0.39, 0.29) is 0 Å². The zero-order valence-electron chi connectivity index (χ0n) is 13.3. The van der Waals surface area contributed by atoms with Crippen LogP contribution in [-0.4, -0.2) is 41.4 Å². The molecule has 0 bridgehead atoms. The Morgan fingerprint density at radius 1 is 1.26 bits per heavy atom. The zero-order valence-corrected chi connectivity index (χ0v) is 13.3. The number of nitrogens with zero attached hydrogens (tertiary/aromatic N) is 1. The second kappa shape index (κ2) is 5.22. The smallest absolute Gasteiger partial charge is 0.410 e. The number of ketones is 1. The Morgan fingerprint density at radius 2 is 2.00 bits per heavy atom. The Kier molecular flexibility index (Phi) is 3.47. The summed E-state index contributed by atoms with van der Waals surface area (Å²) in [6, 6.07) is 5.27. The van der Waals surface area contributed by atoms with Crippen molar-refractivity contribution in [3.63, 3.8) is 0 Å². The summed E-state index contributed by atoms with van der Waals surface area (Å²) in [4.78, 5) is 37.3. The van der Waals surface area contributed by atoms with Crippen LogP contribution in [0.4, 0.5) is 10.5 Å². The molecule has 0 saturated heterocycles. The van der Waals surface area contributed by atoms with E-state index in [2.05, 4.69) is 5.32 Å². The van der Waals surface area contributed by atoms with Crippen molar-refractivity contribution >= 4 is 29.0 Å². The number of carbonyl (C=O) groups excluding carboxylic acids is 3. The number of rotatable bonds is 1. The van der Waals surface area contributed by atoms with Gasteiger partial charge in [0.25, 0.3) is 11.7 Å². The molecule has 0 atom stereocenters. The van der Waals surface area contributed by atoms with Crippen LogP contribution in [0.2, 0.25) is 0 Å². The molecule has 2 heterocycles. The quantitative estimate of drug-likeness (QED) is 0.808. The van der Waals surface area contributed by atoms with Crippen LogP contribution in [0.25, 0.3) is 5.57 Å². The van der Waals surface area contributed by atoms with E-state index in [0.29, 0.717) is 29.9 Å². The molecule has 2 aliphatic rings. The van der Waals surface area contributed by atoms with E-state index in [9.17, 15) is 14.4 Å². The fourth-order valence-electron chi connectivity index (χ4n) is 2.68. The topological polar surface area (TPSA) is 75.7 Å². The molecule has 0 aliphatic carbocycles. The van der Waals surface area contributed by atoms with E-state index >= 15 is 0 Å². The first-order valence-corrected chi connectivity index (χ1v) is 7.42. The van der Waals surface area contributed by atoms with Gasteiger partial charge in [-0.2, -0.15) is 0 Å². The molecular formula is C17H18N2O4. The van der Waals surface area contributed by atoms with Crippen molar-refractivity contribution in [1.29, 1.82) is 0 Å². The normalized spacial score (nSPS) is 17.0. The first kappa shape index (κ1) is 15.3. The Labute approximate surface area is 134 Å². The van der Waals surface area contributed by atoms with Crippen LogP contribution in [0.3, 0.4) is 0 Å². The van der Waals surface area contributed by atoms with Gasteiger partial charge in [-0.1, -0.05) is 18.2 Å². The minimum absolute atomic E-state index is 0.354. The van der Waals surface area contributed by atoms with E-state index in [1.807, 2.05) is 26.8 Å². The summed E-state index contributed by atoms with van der Waals surface area (Å²) >= 11 is 0. The summed E-state index contributed by atoms with van der Waals surface area (Å²) < 4.78 is 5.36. The number of amides is 2. The van der Waals surface area contributed by atoms with E-state index in [1.54, 1.807) is 23.1 Å². The molecule has 0 fully saturated rings. The third-order valence-electron chi connectivity index (χ3n) is 3.66. The molecule has 0 unspecified atom stereocenters. The molecule has 0 saturated carbocycles. The van der Waals surface area contributed by atoms with Crippen molar-refractivity contribution in [2.75, 3.05) is 18.4 Å². The van der Waals surface area contributed by atoms with Crippen LogP contribution in [-0.2, 0) is 9.53 Å². The number of fused-ring (bicyclic) bond motifs is 1. The summed E-state index contributed by atoms with van der Waals surface area (Å²) in [5.41, 5.74) is 1.89. The maximum atomic E-state index is 12.1. The minimum atomic E-state index is -0.616. The molecule has 2 amide bonds. The van der Waals surface area contributed by atoms with E-state index in [4.69, 9.17) is 4.74 Å². The highest BCUT2D eigenvalue weighted by Gasteiger charge is 2.33. The lowest BCUT2D eigenvalue weighted by molar-refractivity contribution is -0.112. The molecule has 1 aromatic rings. The van der Waals surface area contributed by atoms with Crippen molar-refractivity contribution in [1.82, 2.24) is 4.90 Å². The minimum Gasteiger partial charge on any atom is -0.444 e. The monoisotopic (exact) mass is 314 g/mol. The van der Waals surface area contributed by atoms with Gasteiger partial charge in [-0.15, -0.1) is 0 Å². The predicted octanol–water partition coefficient (Wildman–Crippen LogP) is 2.46. The summed E-state index contributed by atoms with van der Waals surface area (Å²) in [5.74, 6) is -1.15. The van der Waals surface area contributed by atoms with Crippen molar-refractivity contribution in [2.24, 2.45) is 0 Å². The van der Waals surface area contributed by atoms with Crippen LogP contribution in [0, 0.1) is 0 Å². The summed E-state index contributed by atoms with van der Waals surface area (Å²) in [6.07, 6.45) is 1.49. The number of nitrogens with one attached hydrogen (secondary N) is 1. The zero-order chi connectivity index (χ0) is 16.8. The molecule has 0 aromatic heterocycles. The lowest BCUT2D eigenvalue weighted by Gasteiger charge is -2.24. The maximum absolute atomic E-state index is 12.1. The van der Waals surface area contributed by atoms with Gasteiger partial charge in [-0.25, -0.2) is 4.79 Å². The number of hydrogen-bond acceptors (Lipinski definition) is 4. The van der Waals surface area contributed by atoms with Gasteiger partial charge in [-0.3, -0.25) is 9.59 Å². The van der Waals surface area contributed by atoms with Gasteiger partial charge in [0, 0.05) is 13.1 Å². The number of Topliss-reactive ketones (excluding diaryl/α,β-unsaturated/α-hetero) is 1. The molecule has 6 nitrogen and oxygen atoms in total. The van der Waals surface area contributed by atoms with Crippen molar-refractivity contribution in [3.8, 4) is 0 Å². The summed E-state index contributed by atoms with van der Waals surface area (Å²) in [6.45, 7) is 6.22. The Hall–Kier alpha value is -2.63. The average Bonchev–Trinajstić information content (AvgIpc) is 3.03. The fourth-order valence-corrected chi connectivity index (χ4v) is 2.68. The number of hydrogen-bond donors (Lipinski definition) is 1. The second-order valence-corrected chi connectivity index (χ2v) is 6.60. The van der Waals surface area contributed by atoms with E-state index in [0.717, 1.165) is 5.57 Å². The Morgan fingerprint density at radius 3 is 2.70 bits per heavy atom. The number of ether oxygens (including phenoxy) is 1. The first-order valence-electron chi connectivity index (χ1n) is 7.42. The van der Waals surface area contributed by atoms with Gasteiger partial charge in [0.2, 0.25) is 0 Å². The Balaban J connectivity index is 1.81. The molecule has 0 radical (unpaired) electrons. The molecule has 2 aliphatic heterocycles. The molecule has 0 spiro atoms. The molecule has 1 N–H and O–H groups in total. The van der Waals surface area contributed by atoms with Crippen molar-refractivity contribution in [2.45, 2.75) is 26.4 Å². The van der Waals surface area contributed by atoms with E-state index < -0.39 is 23.4 Å². The highest BCUT2D eigenvalue weighted by molar-refractivity contribution is 6.52. The summed E-state index contributed by atoms with van der Waals surface area (Å²) in [5, 5.41) is 2.56. The maximum Gasteiger partial charge on any atom is 0.410 e. The molecule has 1 aromatic carbocycles. The first-order chi connectivity index (χ1) is 10.8. The second-order valence-electron chi connectivity index (χ2n) is 6.60. The van der Waals surface area contributed by atoms with Crippen LogP contribution in [0.1, 0.15) is 36.7 Å². The van der Waals surface area contributed by atoms with Crippen molar-refractivity contribution in [3.05, 3.63) is 35.4 Å². The number of benzene rings is 1. The van der Waals surface area contributed by atoms with Gasteiger partial charge in [0.1, 0.15) is 5.60 Å². The number of carbonyl (C=O) groups is 3. The molecule has 120 valence electrons. The van der Waals surface area contributed by atoms with Crippen LogP contribution in [0.5, 0.6) is 0 Å². The lowest BCUT2D eigenvalue weighted by Crippen LogP contribution is -2.35. The van der Waals surface area contributed by atoms with Crippen molar-refractivity contribution < 1.29 is 19.1 Å². The average molecular weight is 314 g/mol. The third-order valence-corrected chi connectivity index (χ3v) is 3.66. The highest BCUT2D eigenvalue weighted by Crippen LogP contribution is 2.33. The molecular weight excluding hydrogens is 296 g/mol. The van der Waals surface area contributed by atoms with Crippen LogP contribution < -0.4 is 5.32 Å². The van der Waals surface area contributed by atoms with Gasteiger partial charge in [-0.05, 0) is 38.0 Å². The predicted molar refractivity (Wildman–Crippen MR) is 85.2 cm³/mol. The standard InChI is InChI=1S/C17H18N2O4/c1-17(2,3)23-16(22)19-8-7-10(9-19)11-5-4-6-12-13(11)14(20)15(21)18-12/h4-7H,8-9H2,1-3H3,(H,18,20,21). The number of anilines is 1. The van der Waals surface area contributed by atoms with E-state index in [1.165, 1.54) is 0 Å².